The Hall–Kier alpha value is -0.0900. The Morgan fingerprint density at radius 3 is 2.05 bits per heavy atom. The first-order valence-corrected chi connectivity index (χ1v) is 10.1. The summed E-state index contributed by atoms with van der Waals surface area (Å²) in [6.45, 7) is 0. The first-order valence-electron chi connectivity index (χ1n) is 5.43. The summed E-state index contributed by atoms with van der Waals surface area (Å²) in [6.07, 6.45) is 0. The fourth-order valence-corrected chi connectivity index (χ4v) is 6.14. The van der Waals surface area contributed by atoms with E-state index in [2.05, 4.69) is 68.4 Å². The van der Waals surface area contributed by atoms with Crippen molar-refractivity contribution in [2.45, 2.75) is 4.90 Å². The van der Waals surface area contributed by atoms with Crippen molar-refractivity contribution >= 4 is 85.1 Å². The molecule has 0 aliphatic rings. The van der Waals surface area contributed by atoms with Crippen molar-refractivity contribution in [3.63, 3.8) is 0 Å². The van der Waals surface area contributed by atoms with Crippen LogP contribution in [0, 0.1) is 0 Å². The molecule has 0 amide bonds. The molecule has 0 bridgehead atoms. The van der Waals surface area contributed by atoms with Gasteiger partial charge in [-0.25, -0.2) is 8.42 Å². The summed E-state index contributed by atoms with van der Waals surface area (Å²) in [7, 11) is -3.78. The number of benzene rings is 2. The highest BCUT2D eigenvalue weighted by atomic mass is 79.9. The van der Waals surface area contributed by atoms with Gasteiger partial charge in [-0.2, -0.15) is 0 Å². The van der Waals surface area contributed by atoms with Crippen LogP contribution in [0.1, 0.15) is 0 Å². The van der Waals surface area contributed by atoms with Crippen molar-refractivity contribution in [1.29, 1.82) is 0 Å². The molecule has 0 spiro atoms. The van der Waals surface area contributed by atoms with E-state index in [1.807, 2.05) is 0 Å². The molecule has 4 nitrogen and oxygen atoms in total. The number of nitrogens with two attached hydrogens (primary N) is 1. The molecule has 9 heteroatoms. The van der Waals surface area contributed by atoms with Crippen molar-refractivity contribution in [3.05, 3.63) is 48.2 Å². The molecule has 0 fully saturated rings. The van der Waals surface area contributed by atoms with Crippen molar-refractivity contribution in [1.82, 2.24) is 0 Å². The van der Waals surface area contributed by atoms with Gasteiger partial charge in [0.2, 0.25) is 0 Å². The molecule has 0 heterocycles. The van der Waals surface area contributed by atoms with Gasteiger partial charge < -0.3 is 5.73 Å². The van der Waals surface area contributed by atoms with Crippen LogP contribution in [0.2, 0.25) is 0 Å². The van der Waals surface area contributed by atoms with E-state index in [0.29, 0.717) is 24.8 Å². The third kappa shape index (κ3) is 4.01. The molecule has 2 rings (SSSR count). The van der Waals surface area contributed by atoms with Crippen LogP contribution in [-0.4, -0.2) is 8.42 Å². The summed E-state index contributed by atoms with van der Waals surface area (Å²) >= 11 is 13.1. The summed E-state index contributed by atoms with van der Waals surface area (Å²) in [5.74, 6) is 0. The van der Waals surface area contributed by atoms with Crippen LogP contribution in [0.4, 0.5) is 11.4 Å². The Kier molecular flexibility index (Phi) is 5.40. The smallest absolute Gasteiger partial charge is 0.264 e. The molecule has 112 valence electrons. The van der Waals surface area contributed by atoms with Crippen LogP contribution < -0.4 is 10.5 Å². The molecule has 2 aromatic rings. The van der Waals surface area contributed by atoms with Gasteiger partial charge in [-0.1, -0.05) is 15.9 Å². The zero-order valence-corrected chi connectivity index (χ0v) is 17.4. The average molecular weight is 564 g/mol. The van der Waals surface area contributed by atoms with Crippen LogP contribution in [-0.2, 0) is 10.0 Å². The minimum atomic E-state index is -3.78. The predicted octanol–water partition coefficient (Wildman–Crippen LogP) is 5.12. The van der Waals surface area contributed by atoms with E-state index in [0.717, 1.165) is 4.47 Å². The van der Waals surface area contributed by atoms with Gasteiger partial charge >= 0.3 is 0 Å². The van der Waals surface area contributed by atoms with Gasteiger partial charge in [0.15, 0.2) is 0 Å². The SMILES string of the molecule is Nc1cc(Br)c(S(=O)(=O)Nc2cc(Br)ccc2Br)c(Br)c1. The number of nitrogen functional groups attached to an aromatic ring is 1. The van der Waals surface area contributed by atoms with E-state index >= 15 is 0 Å². The number of hydrogen-bond acceptors (Lipinski definition) is 3. The third-order valence-electron chi connectivity index (χ3n) is 2.46. The second-order valence-corrected chi connectivity index (χ2v) is 9.14. The largest absolute Gasteiger partial charge is 0.399 e. The van der Waals surface area contributed by atoms with E-state index in [-0.39, 0.29) is 4.90 Å². The van der Waals surface area contributed by atoms with E-state index in [4.69, 9.17) is 5.73 Å². The highest BCUT2D eigenvalue weighted by Gasteiger charge is 2.22. The van der Waals surface area contributed by atoms with Gasteiger partial charge in [-0.05, 0) is 78.1 Å². The second kappa shape index (κ2) is 6.57. The van der Waals surface area contributed by atoms with Crippen LogP contribution >= 0.6 is 63.7 Å². The topological polar surface area (TPSA) is 72.2 Å². The predicted molar refractivity (Wildman–Crippen MR) is 98.9 cm³/mol. The van der Waals surface area contributed by atoms with Gasteiger partial charge in [0.05, 0.1) is 5.69 Å². The molecule has 21 heavy (non-hydrogen) atoms. The van der Waals surface area contributed by atoms with Gasteiger partial charge in [-0.3, -0.25) is 4.72 Å². The van der Waals surface area contributed by atoms with Crippen LogP contribution in [0.25, 0.3) is 0 Å². The molecule has 0 aliphatic carbocycles. The number of rotatable bonds is 3. The van der Waals surface area contributed by atoms with Crippen molar-refractivity contribution in [2.75, 3.05) is 10.5 Å². The van der Waals surface area contributed by atoms with Crippen LogP contribution in [0.3, 0.4) is 0 Å². The summed E-state index contributed by atoms with van der Waals surface area (Å²) in [5, 5.41) is 0. The van der Waals surface area contributed by atoms with E-state index in [1.54, 1.807) is 18.2 Å². The van der Waals surface area contributed by atoms with Crippen LogP contribution in [0.15, 0.2) is 53.1 Å². The standard InChI is InChI=1S/C12H8Br4N2O2S/c13-6-1-2-8(14)11(3-6)18-21(19,20)12-9(15)4-7(17)5-10(12)16/h1-5,18H,17H2. The molecule has 0 unspecified atom stereocenters. The number of sulfonamides is 1. The molecular formula is C12H8Br4N2O2S. The summed E-state index contributed by atoms with van der Waals surface area (Å²) in [6, 6.07) is 8.29. The lowest BCUT2D eigenvalue weighted by atomic mass is 10.3. The van der Waals surface area contributed by atoms with Crippen molar-refractivity contribution in [2.24, 2.45) is 0 Å². The number of halogens is 4. The van der Waals surface area contributed by atoms with Gasteiger partial charge in [0, 0.05) is 23.6 Å². The number of anilines is 2. The molecule has 3 N–H and O–H groups in total. The molecule has 0 saturated carbocycles. The summed E-state index contributed by atoms with van der Waals surface area (Å²) in [5.41, 5.74) is 6.56. The lowest BCUT2D eigenvalue weighted by molar-refractivity contribution is 0.600. The lowest BCUT2D eigenvalue weighted by Gasteiger charge is -2.13. The Balaban J connectivity index is 2.51. The maximum Gasteiger partial charge on any atom is 0.264 e. The summed E-state index contributed by atoms with van der Waals surface area (Å²) < 4.78 is 29.8. The maximum atomic E-state index is 12.6. The van der Waals surface area contributed by atoms with Crippen molar-refractivity contribution in [3.8, 4) is 0 Å². The monoisotopic (exact) mass is 560 g/mol. The Labute approximate surface area is 156 Å². The first-order chi connectivity index (χ1) is 9.70. The third-order valence-corrected chi connectivity index (χ3v) is 6.89. The molecule has 0 aromatic heterocycles. The minimum absolute atomic E-state index is 0.0866. The zero-order chi connectivity index (χ0) is 15.8. The highest BCUT2D eigenvalue weighted by molar-refractivity contribution is 9.11. The maximum absolute atomic E-state index is 12.6. The molecule has 0 radical (unpaired) electrons. The molecular weight excluding hydrogens is 556 g/mol. The van der Waals surface area contributed by atoms with E-state index in [9.17, 15) is 8.42 Å². The first kappa shape index (κ1) is 17.3. The van der Waals surface area contributed by atoms with Crippen molar-refractivity contribution < 1.29 is 8.42 Å². The minimum Gasteiger partial charge on any atom is -0.399 e. The quantitative estimate of drug-likeness (QED) is 0.509. The van der Waals surface area contributed by atoms with Gasteiger partial charge in [0.1, 0.15) is 4.90 Å². The highest BCUT2D eigenvalue weighted by Crippen LogP contribution is 2.35. The number of nitrogens with one attached hydrogen (secondary N) is 1. The average Bonchev–Trinajstić information content (AvgIpc) is 2.31. The normalized spacial score (nSPS) is 11.4. The fraction of sp³-hybridized carbons (Fsp3) is 0. The second-order valence-electron chi connectivity index (χ2n) is 4.04. The molecule has 0 atom stereocenters. The Bertz CT molecular complexity index is 786. The Morgan fingerprint density at radius 1 is 0.905 bits per heavy atom. The van der Waals surface area contributed by atoms with Gasteiger partial charge in [-0.15, -0.1) is 0 Å². The van der Waals surface area contributed by atoms with Gasteiger partial charge in [0.25, 0.3) is 10.0 Å². The lowest BCUT2D eigenvalue weighted by Crippen LogP contribution is -2.15. The summed E-state index contributed by atoms with van der Waals surface area (Å²) in [4.78, 5) is 0.0866. The number of hydrogen-bond donors (Lipinski definition) is 2. The molecule has 0 aliphatic heterocycles. The Morgan fingerprint density at radius 2 is 1.48 bits per heavy atom. The molecule has 0 saturated heterocycles. The van der Waals surface area contributed by atoms with Crippen LogP contribution in [0.5, 0.6) is 0 Å². The molecule has 2 aromatic carbocycles. The zero-order valence-electron chi connectivity index (χ0n) is 10.2. The fourth-order valence-electron chi connectivity index (χ4n) is 1.61. The van der Waals surface area contributed by atoms with E-state index in [1.165, 1.54) is 12.1 Å². The van der Waals surface area contributed by atoms with E-state index < -0.39 is 10.0 Å².